The minimum absolute atomic E-state index is 0.292. The molecule has 2 nitrogen and oxygen atoms in total. The number of halogens is 1. The van der Waals surface area contributed by atoms with Gasteiger partial charge in [0.25, 0.3) is 0 Å². The van der Waals surface area contributed by atoms with Crippen LogP contribution in [0.25, 0.3) is 10.6 Å². The summed E-state index contributed by atoms with van der Waals surface area (Å²) in [5, 5.41) is 10.6. The molecule has 1 N–H and O–H groups in total. The molecular formula is C10H8BrNOS. The lowest BCUT2D eigenvalue weighted by Crippen LogP contribution is -1.76. The van der Waals surface area contributed by atoms with E-state index in [4.69, 9.17) is 0 Å². The van der Waals surface area contributed by atoms with Gasteiger partial charge in [-0.05, 0) is 19.1 Å². The number of aryl methyl sites for hydroxylation is 1. The molecule has 0 bridgehead atoms. The van der Waals surface area contributed by atoms with Crippen LogP contribution in [0.4, 0.5) is 0 Å². The summed E-state index contributed by atoms with van der Waals surface area (Å²) < 4.78 is 1.02. The number of aromatic nitrogens is 1. The van der Waals surface area contributed by atoms with Crippen molar-refractivity contribution < 1.29 is 5.11 Å². The van der Waals surface area contributed by atoms with E-state index in [1.807, 2.05) is 24.3 Å². The van der Waals surface area contributed by atoms with Gasteiger partial charge in [0.15, 0.2) is 5.06 Å². The zero-order chi connectivity index (χ0) is 10.1. The van der Waals surface area contributed by atoms with Crippen LogP contribution < -0.4 is 0 Å². The maximum absolute atomic E-state index is 9.42. The molecule has 0 saturated carbocycles. The monoisotopic (exact) mass is 269 g/mol. The number of thiazole rings is 1. The Bertz CT molecular complexity index is 447. The standard InChI is InChI=1S/C10H8BrNOS/c1-6-10(13)14-9(12-6)7-3-2-4-8(11)5-7/h2-5,13H,1H3. The van der Waals surface area contributed by atoms with Gasteiger partial charge in [-0.1, -0.05) is 39.4 Å². The number of aromatic hydroxyl groups is 1. The van der Waals surface area contributed by atoms with Crippen LogP contribution in [-0.4, -0.2) is 10.1 Å². The van der Waals surface area contributed by atoms with Crippen LogP contribution in [0.1, 0.15) is 5.69 Å². The first kappa shape index (κ1) is 9.68. The summed E-state index contributed by atoms with van der Waals surface area (Å²) in [7, 11) is 0. The van der Waals surface area contributed by atoms with Gasteiger partial charge in [-0.15, -0.1) is 0 Å². The van der Waals surface area contributed by atoms with Gasteiger partial charge in [0.2, 0.25) is 0 Å². The molecule has 1 aromatic carbocycles. The van der Waals surface area contributed by atoms with Crippen molar-refractivity contribution in [2.75, 3.05) is 0 Å². The minimum Gasteiger partial charge on any atom is -0.498 e. The summed E-state index contributed by atoms with van der Waals surface area (Å²) in [5.41, 5.74) is 1.71. The molecule has 0 atom stereocenters. The van der Waals surface area contributed by atoms with Crippen molar-refractivity contribution in [2.45, 2.75) is 6.92 Å². The van der Waals surface area contributed by atoms with E-state index >= 15 is 0 Å². The Morgan fingerprint density at radius 3 is 2.79 bits per heavy atom. The molecule has 72 valence electrons. The molecule has 0 aliphatic rings. The SMILES string of the molecule is Cc1nc(-c2cccc(Br)c2)sc1O. The summed E-state index contributed by atoms with van der Waals surface area (Å²) in [5.74, 6) is 0. The smallest absolute Gasteiger partial charge is 0.195 e. The third kappa shape index (κ3) is 1.81. The summed E-state index contributed by atoms with van der Waals surface area (Å²) in [6, 6.07) is 7.87. The second-order valence-electron chi connectivity index (χ2n) is 2.92. The minimum atomic E-state index is 0.292. The average molecular weight is 270 g/mol. The van der Waals surface area contributed by atoms with E-state index < -0.39 is 0 Å². The molecule has 2 aromatic rings. The Kier molecular flexibility index (Phi) is 2.56. The number of hydrogen-bond acceptors (Lipinski definition) is 3. The predicted octanol–water partition coefficient (Wildman–Crippen LogP) is 3.59. The van der Waals surface area contributed by atoms with Crippen LogP contribution in [0.3, 0.4) is 0 Å². The molecule has 1 heterocycles. The van der Waals surface area contributed by atoms with Gasteiger partial charge < -0.3 is 5.11 Å². The van der Waals surface area contributed by atoms with E-state index in [0.29, 0.717) is 10.8 Å². The Morgan fingerprint density at radius 2 is 2.21 bits per heavy atom. The van der Waals surface area contributed by atoms with E-state index in [-0.39, 0.29) is 0 Å². The largest absolute Gasteiger partial charge is 0.498 e. The van der Waals surface area contributed by atoms with Crippen molar-refractivity contribution in [1.82, 2.24) is 4.98 Å². The third-order valence-corrected chi connectivity index (χ3v) is 3.35. The number of hydrogen-bond donors (Lipinski definition) is 1. The Hall–Kier alpha value is -0.870. The van der Waals surface area contributed by atoms with E-state index in [1.54, 1.807) is 6.92 Å². The Balaban J connectivity index is 2.49. The Morgan fingerprint density at radius 1 is 1.43 bits per heavy atom. The quantitative estimate of drug-likeness (QED) is 0.859. The molecule has 0 radical (unpaired) electrons. The summed E-state index contributed by atoms with van der Waals surface area (Å²) >= 11 is 4.70. The molecule has 0 amide bonds. The fourth-order valence-corrected chi connectivity index (χ4v) is 2.34. The first-order valence-electron chi connectivity index (χ1n) is 4.09. The second-order valence-corrected chi connectivity index (χ2v) is 4.81. The maximum Gasteiger partial charge on any atom is 0.195 e. The van der Waals surface area contributed by atoms with Crippen LogP contribution in [-0.2, 0) is 0 Å². The number of rotatable bonds is 1. The molecule has 0 spiro atoms. The molecule has 0 fully saturated rings. The highest BCUT2D eigenvalue weighted by atomic mass is 79.9. The predicted molar refractivity (Wildman–Crippen MR) is 61.7 cm³/mol. The summed E-state index contributed by atoms with van der Waals surface area (Å²) in [6.45, 7) is 1.80. The number of nitrogens with zero attached hydrogens (tertiary/aromatic N) is 1. The zero-order valence-corrected chi connectivity index (χ0v) is 9.89. The molecule has 0 aliphatic carbocycles. The summed E-state index contributed by atoms with van der Waals surface area (Å²) in [6.07, 6.45) is 0. The first-order chi connectivity index (χ1) is 6.66. The van der Waals surface area contributed by atoms with Crippen molar-refractivity contribution in [1.29, 1.82) is 0 Å². The molecule has 0 aliphatic heterocycles. The second kappa shape index (κ2) is 3.71. The number of benzene rings is 1. The highest BCUT2D eigenvalue weighted by Gasteiger charge is 2.07. The molecule has 0 saturated heterocycles. The van der Waals surface area contributed by atoms with Crippen LogP contribution in [0.2, 0.25) is 0 Å². The van der Waals surface area contributed by atoms with E-state index in [0.717, 1.165) is 15.0 Å². The molecule has 14 heavy (non-hydrogen) atoms. The highest BCUT2D eigenvalue weighted by molar-refractivity contribution is 9.10. The van der Waals surface area contributed by atoms with Crippen LogP contribution in [0, 0.1) is 6.92 Å². The molecule has 4 heteroatoms. The van der Waals surface area contributed by atoms with Gasteiger partial charge in [0.1, 0.15) is 5.01 Å². The van der Waals surface area contributed by atoms with Gasteiger partial charge in [-0.25, -0.2) is 4.98 Å². The lowest BCUT2D eigenvalue weighted by molar-refractivity contribution is 0.485. The van der Waals surface area contributed by atoms with Crippen molar-refractivity contribution in [3.63, 3.8) is 0 Å². The molecule has 2 rings (SSSR count). The van der Waals surface area contributed by atoms with Gasteiger partial charge in [-0.3, -0.25) is 0 Å². The molecule has 0 unspecified atom stereocenters. The molecular weight excluding hydrogens is 262 g/mol. The van der Waals surface area contributed by atoms with Crippen molar-refractivity contribution in [3.05, 3.63) is 34.4 Å². The van der Waals surface area contributed by atoms with Gasteiger partial charge in [0, 0.05) is 10.0 Å². The lowest BCUT2D eigenvalue weighted by atomic mass is 10.2. The fourth-order valence-electron chi connectivity index (χ4n) is 1.13. The first-order valence-corrected chi connectivity index (χ1v) is 5.70. The van der Waals surface area contributed by atoms with Gasteiger partial charge in [-0.2, -0.15) is 0 Å². The van der Waals surface area contributed by atoms with Crippen molar-refractivity contribution in [3.8, 4) is 15.6 Å². The van der Waals surface area contributed by atoms with Crippen molar-refractivity contribution in [2.24, 2.45) is 0 Å². The summed E-state index contributed by atoms with van der Waals surface area (Å²) in [4.78, 5) is 4.27. The average Bonchev–Trinajstić information content (AvgIpc) is 2.47. The van der Waals surface area contributed by atoms with Crippen molar-refractivity contribution >= 4 is 27.3 Å². The molecule has 1 aromatic heterocycles. The zero-order valence-electron chi connectivity index (χ0n) is 7.49. The van der Waals surface area contributed by atoms with Crippen LogP contribution in [0.5, 0.6) is 5.06 Å². The topological polar surface area (TPSA) is 33.1 Å². The lowest BCUT2D eigenvalue weighted by Gasteiger charge is -1.95. The van der Waals surface area contributed by atoms with E-state index in [1.165, 1.54) is 11.3 Å². The van der Waals surface area contributed by atoms with Crippen LogP contribution >= 0.6 is 27.3 Å². The van der Waals surface area contributed by atoms with Gasteiger partial charge >= 0.3 is 0 Å². The van der Waals surface area contributed by atoms with E-state index in [9.17, 15) is 5.11 Å². The fraction of sp³-hybridized carbons (Fsp3) is 0.100. The third-order valence-electron chi connectivity index (χ3n) is 1.84. The van der Waals surface area contributed by atoms with Crippen LogP contribution in [0.15, 0.2) is 28.7 Å². The van der Waals surface area contributed by atoms with Gasteiger partial charge in [0.05, 0.1) is 5.69 Å². The Labute approximate surface area is 94.4 Å². The van der Waals surface area contributed by atoms with E-state index in [2.05, 4.69) is 20.9 Å². The maximum atomic E-state index is 9.42. The normalized spacial score (nSPS) is 10.4. The highest BCUT2D eigenvalue weighted by Crippen LogP contribution is 2.33.